The molecule has 1 atom stereocenters. The van der Waals surface area contributed by atoms with Crippen LogP contribution in [0, 0.1) is 6.92 Å². The van der Waals surface area contributed by atoms with Gasteiger partial charge < -0.3 is 24.5 Å². The predicted molar refractivity (Wildman–Crippen MR) is 103 cm³/mol. The Hall–Kier alpha value is -2.84. The zero-order valence-electron chi connectivity index (χ0n) is 16.1. The van der Waals surface area contributed by atoms with Crippen molar-refractivity contribution in [3.63, 3.8) is 0 Å². The van der Waals surface area contributed by atoms with Gasteiger partial charge in [-0.25, -0.2) is 9.59 Å². The number of morpholine rings is 1. The third-order valence-electron chi connectivity index (χ3n) is 4.60. The normalized spacial score (nSPS) is 15.6. The highest BCUT2D eigenvalue weighted by Crippen LogP contribution is 2.23. The maximum Gasteiger partial charge on any atom is 0.337 e. The highest BCUT2D eigenvalue weighted by atomic mass is 16.5. The number of esters is 1. The topological polar surface area (TPSA) is 93.0 Å². The summed E-state index contributed by atoms with van der Waals surface area (Å²) in [5, 5.41) is 5.67. The quantitative estimate of drug-likeness (QED) is 0.740. The van der Waals surface area contributed by atoms with Crippen LogP contribution in [0.3, 0.4) is 0 Å². The molecule has 3 rings (SSSR count). The Balaban J connectivity index is 1.59. The van der Waals surface area contributed by atoms with E-state index in [0.29, 0.717) is 31.0 Å². The molecule has 0 unspecified atom stereocenters. The smallest absolute Gasteiger partial charge is 0.337 e. The predicted octanol–water partition coefficient (Wildman–Crippen LogP) is 2.57. The number of carbonyl (C=O) groups is 2. The van der Waals surface area contributed by atoms with E-state index in [1.165, 1.54) is 7.11 Å². The van der Waals surface area contributed by atoms with Gasteiger partial charge in [0.1, 0.15) is 11.5 Å². The molecule has 0 aliphatic carbocycles. The van der Waals surface area contributed by atoms with E-state index in [-0.39, 0.29) is 12.1 Å². The maximum absolute atomic E-state index is 12.3. The Morgan fingerprint density at radius 3 is 2.46 bits per heavy atom. The molecule has 2 aromatic rings. The molecule has 2 N–H and O–H groups in total. The van der Waals surface area contributed by atoms with Crippen LogP contribution in [-0.2, 0) is 9.47 Å². The van der Waals surface area contributed by atoms with E-state index in [1.54, 1.807) is 24.3 Å². The second kappa shape index (κ2) is 9.38. The molecule has 1 aromatic heterocycles. The molecule has 0 spiro atoms. The van der Waals surface area contributed by atoms with Crippen molar-refractivity contribution >= 4 is 17.7 Å². The fourth-order valence-corrected chi connectivity index (χ4v) is 3.10. The van der Waals surface area contributed by atoms with Crippen molar-refractivity contribution in [2.45, 2.75) is 13.0 Å². The molecule has 2 heterocycles. The summed E-state index contributed by atoms with van der Waals surface area (Å²) in [7, 11) is 1.33. The van der Waals surface area contributed by atoms with Crippen LogP contribution in [0.15, 0.2) is 40.8 Å². The maximum atomic E-state index is 12.3. The van der Waals surface area contributed by atoms with Gasteiger partial charge >= 0.3 is 12.0 Å². The summed E-state index contributed by atoms with van der Waals surface area (Å²) >= 11 is 0. The summed E-state index contributed by atoms with van der Waals surface area (Å²) in [5.41, 5.74) is 1.01. The first-order chi connectivity index (χ1) is 13.6. The van der Waals surface area contributed by atoms with E-state index in [0.717, 1.165) is 24.6 Å². The summed E-state index contributed by atoms with van der Waals surface area (Å²) in [5.74, 6) is 1.24. The van der Waals surface area contributed by atoms with Crippen molar-refractivity contribution in [1.82, 2.24) is 10.2 Å². The van der Waals surface area contributed by atoms with Gasteiger partial charge in [-0.2, -0.15) is 0 Å². The summed E-state index contributed by atoms with van der Waals surface area (Å²) in [6.45, 7) is 5.19. The Bertz CT molecular complexity index is 796. The first-order valence-electron chi connectivity index (χ1n) is 9.18. The molecule has 1 aliphatic heterocycles. The van der Waals surface area contributed by atoms with Gasteiger partial charge in [0.2, 0.25) is 0 Å². The number of methoxy groups -OCH3 is 1. The Morgan fingerprint density at radius 1 is 1.14 bits per heavy atom. The van der Waals surface area contributed by atoms with Gasteiger partial charge in [0.25, 0.3) is 0 Å². The largest absolute Gasteiger partial charge is 0.465 e. The fourth-order valence-electron chi connectivity index (χ4n) is 3.10. The molecular weight excluding hydrogens is 362 g/mol. The van der Waals surface area contributed by atoms with Crippen LogP contribution in [-0.4, -0.2) is 56.9 Å². The molecule has 1 aromatic carbocycles. The lowest BCUT2D eigenvalue weighted by molar-refractivity contribution is 0.0122. The minimum Gasteiger partial charge on any atom is -0.465 e. The molecule has 8 nitrogen and oxygen atoms in total. The number of nitrogens with zero attached hydrogens (tertiary/aromatic N) is 1. The van der Waals surface area contributed by atoms with E-state index in [9.17, 15) is 9.59 Å². The molecule has 2 amide bonds. The molecule has 28 heavy (non-hydrogen) atoms. The van der Waals surface area contributed by atoms with Gasteiger partial charge in [-0.3, -0.25) is 4.90 Å². The number of aryl methyl sites for hydroxylation is 1. The third-order valence-corrected chi connectivity index (χ3v) is 4.60. The van der Waals surface area contributed by atoms with Crippen LogP contribution in [0.25, 0.3) is 0 Å². The van der Waals surface area contributed by atoms with E-state index < -0.39 is 5.97 Å². The first kappa shape index (κ1) is 19.9. The lowest BCUT2D eigenvalue weighted by Gasteiger charge is -2.33. The first-order valence-corrected chi connectivity index (χ1v) is 9.18. The second-order valence-electron chi connectivity index (χ2n) is 6.52. The molecule has 1 fully saturated rings. The average Bonchev–Trinajstić information content (AvgIpc) is 3.15. The lowest BCUT2D eigenvalue weighted by Crippen LogP contribution is -2.44. The second-order valence-corrected chi connectivity index (χ2v) is 6.52. The van der Waals surface area contributed by atoms with E-state index >= 15 is 0 Å². The summed E-state index contributed by atoms with van der Waals surface area (Å²) in [4.78, 5) is 26.0. The van der Waals surface area contributed by atoms with Crippen molar-refractivity contribution in [3.05, 3.63) is 53.5 Å². The number of hydrogen-bond donors (Lipinski definition) is 2. The SMILES string of the molecule is COC(=O)c1ccc(NC(=O)NC[C@H](c2ccc(C)o2)N2CCOCC2)cc1. The average molecular weight is 387 g/mol. The summed E-state index contributed by atoms with van der Waals surface area (Å²) in [6.07, 6.45) is 0. The van der Waals surface area contributed by atoms with Crippen LogP contribution >= 0.6 is 0 Å². The van der Waals surface area contributed by atoms with Crippen LogP contribution in [0.4, 0.5) is 10.5 Å². The summed E-state index contributed by atoms with van der Waals surface area (Å²) in [6, 6.07) is 9.99. The van der Waals surface area contributed by atoms with Gasteiger partial charge in [-0.1, -0.05) is 0 Å². The van der Waals surface area contributed by atoms with Crippen LogP contribution in [0.5, 0.6) is 0 Å². The number of ether oxygens (including phenoxy) is 2. The third kappa shape index (κ3) is 5.11. The minimum atomic E-state index is -0.418. The van der Waals surface area contributed by atoms with Crippen molar-refractivity contribution in [1.29, 1.82) is 0 Å². The molecule has 1 aliphatic rings. The Labute approximate surface area is 163 Å². The minimum absolute atomic E-state index is 0.0648. The highest BCUT2D eigenvalue weighted by Gasteiger charge is 2.25. The zero-order valence-corrected chi connectivity index (χ0v) is 16.1. The van der Waals surface area contributed by atoms with E-state index in [2.05, 4.69) is 20.3 Å². The number of amides is 2. The van der Waals surface area contributed by atoms with Gasteiger partial charge in [-0.05, 0) is 43.3 Å². The van der Waals surface area contributed by atoms with Crippen molar-refractivity contribution in [2.75, 3.05) is 45.3 Å². The van der Waals surface area contributed by atoms with Gasteiger partial charge in [-0.15, -0.1) is 0 Å². The van der Waals surface area contributed by atoms with Crippen molar-refractivity contribution in [2.24, 2.45) is 0 Å². The highest BCUT2D eigenvalue weighted by molar-refractivity contribution is 5.92. The lowest BCUT2D eigenvalue weighted by atomic mass is 10.1. The molecule has 0 bridgehead atoms. The Morgan fingerprint density at radius 2 is 1.86 bits per heavy atom. The molecule has 150 valence electrons. The zero-order chi connectivity index (χ0) is 19.9. The molecule has 0 radical (unpaired) electrons. The molecular formula is C20H25N3O5. The number of anilines is 1. The van der Waals surface area contributed by atoms with Crippen molar-refractivity contribution in [3.8, 4) is 0 Å². The fraction of sp³-hybridized carbons (Fsp3) is 0.400. The van der Waals surface area contributed by atoms with Crippen LogP contribution < -0.4 is 10.6 Å². The number of carbonyl (C=O) groups excluding carboxylic acids is 2. The van der Waals surface area contributed by atoms with E-state index in [4.69, 9.17) is 9.15 Å². The van der Waals surface area contributed by atoms with Crippen molar-refractivity contribution < 1.29 is 23.5 Å². The summed E-state index contributed by atoms with van der Waals surface area (Å²) < 4.78 is 15.9. The number of benzene rings is 1. The number of rotatable bonds is 6. The van der Waals surface area contributed by atoms with Crippen LogP contribution in [0.2, 0.25) is 0 Å². The number of furan rings is 1. The standard InChI is InChI=1S/C20H25N3O5/c1-14-3-8-18(28-14)17(23-9-11-27-12-10-23)13-21-20(25)22-16-6-4-15(5-7-16)19(24)26-2/h3-8,17H,9-13H2,1-2H3,(H2,21,22,25)/t17-/m1/s1. The number of urea groups is 1. The molecule has 0 saturated carbocycles. The Kier molecular flexibility index (Phi) is 6.67. The van der Waals surface area contributed by atoms with Crippen LogP contribution in [0.1, 0.15) is 27.9 Å². The monoisotopic (exact) mass is 387 g/mol. The van der Waals surface area contributed by atoms with E-state index in [1.807, 2.05) is 19.1 Å². The molecule has 1 saturated heterocycles. The number of hydrogen-bond acceptors (Lipinski definition) is 6. The van der Waals surface area contributed by atoms with Gasteiger partial charge in [0, 0.05) is 25.3 Å². The van der Waals surface area contributed by atoms with Gasteiger partial charge in [0.05, 0.1) is 31.9 Å². The molecule has 8 heteroatoms. The number of nitrogens with one attached hydrogen (secondary N) is 2. The van der Waals surface area contributed by atoms with Gasteiger partial charge in [0.15, 0.2) is 0 Å².